The van der Waals surface area contributed by atoms with Crippen LogP contribution in [0.1, 0.15) is 28.3 Å². The number of carbonyl (C=O) groups is 2. The Morgan fingerprint density at radius 2 is 1.63 bits per heavy atom. The van der Waals surface area contributed by atoms with Gasteiger partial charge in [0.25, 0.3) is 0 Å². The van der Waals surface area contributed by atoms with Crippen LogP contribution < -0.4 is 14.5 Å². The van der Waals surface area contributed by atoms with Gasteiger partial charge in [-0.05, 0) is 60.9 Å². The maximum Gasteiger partial charge on any atom is 0.305 e. The number of thiazole rings is 1. The molecule has 1 N–H and O–H groups in total. The summed E-state index contributed by atoms with van der Waals surface area (Å²) in [5.41, 5.74) is 3.00. The predicted molar refractivity (Wildman–Crippen MR) is 135 cm³/mol. The third kappa shape index (κ3) is 2.93. The molecule has 3 heterocycles. The summed E-state index contributed by atoms with van der Waals surface area (Å²) in [6, 6.07) is 15.7. The van der Waals surface area contributed by atoms with Crippen molar-refractivity contribution in [1.82, 2.24) is 4.98 Å². The number of aryl methyl sites for hydroxylation is 1. The second-order valence-corrected chi connectivity index (χ2v) is 12.3. The summed E-state index contributed by atoms with van der Waals surface area (Å²) in [4.78, 5) is 45.3. The van der Waals surface area contributed by atoms with Crippen LogP contribution in [0.4, 0.5) is 5.69 Å². The summed E-state index contributed by atoms with van der Waals surface area (Å²) in [6.07, 6.45) is 0.896. The average molecular weight is 505 g/mol. The summed E-state index contributed by atoms with van der Waals surface area (Å²) in [5.74, 6) is 0.510. The van der Waals surface area contributed by atoms with Crippen molar-refractivity contribution in [2.75, 3.05) is 12.0 Å². The summed E-state index contributed by atoms with van der Waals surface area (Å²) >= 11 is 3.02. The Kier molecular flexibility index (Phi) is 4.64. The predicted octanol–water partition coefficient (Wildman–Crippen LogP) is 4.43. The zero-order valence-electron chi connectivity index (χ0n) is 19.3. The Morgan fingerprint density at radius 1 is 0.943 bits per heavy atom. The minimum atomic E-state index is -0.290. The Morgan fingerprint density at radius 3 is 2.31 bits per heavy atom. The quantitative estimate of drug-likeness (QED) is 0.534. The van der Waals surface area contributed by atoms with Gasteiger partial charge in [0, 0.05) is 16.0 Å². The molecular weight excluding hydrogens is 480 g/mol. The average Bonchev–Trinajstić information content (AvgIpc) is 3.59. The lowest BCUT2D eigenvalue weighted by molar-refractivity contribution is -0.123. The Balaban J connectivity index is 1.30. The van der Waals surface area contributed by atoms with Crippen molar-refractivity contribution in [3.8, 4) is 5.75 Å². The van der Waals surface area contributed by atoms with Gasteiger partial charge < -0.3 is 9.72 Å². The number of carbonyl (C=O) groups excluding carboxylic acids is 2. The van der Waals surface area contributed by atoms with E-state index in [9.17, 15) is 14.4 Å². The van der Waals surface area contributed by atoms with Gasteiger partial charge in [-0.15, -0.1) is 11.8 Å². The molecule has 4 aliphatic rings. The van der Waals surface area contributed by atoms with Crippen LogP contribution >= 0.6 is 23.1 Å². The number of hydrogen-bond donors (Lipinski definition) is 1. The molecule has 3 fully saturated rings. The third-order valence-corrected chi connectivity index (χ3v) is 11.1. The highest BCUT2D eigenvalue weighted by atomic mass is 32.2. The van der Waals surface area contributed by atoms with Gasteiger partial charge in [0.1, 0.15) is 5.75 Å². The number of benzene rings is 2. The number of hydrogen-bond acceptors (Lipinski definition) is 6. The number of anilines is 1. The molecule has 2 aromatic carbocycles. The van der Waals surface area contributed by atoms with Crippen molar-refractivity contribution < 1.29 is 14.3 Å². The first-order valence-corrected chi connectivity index (χ1v) is 13.6. The van der Waals surface area contributed by atoms with Crippen LogP contribution in [0.15, 0.2) is 58.4 Å². The van der Waals surface area contributed by atoms with Crippen molar-refractivity contribution in [1.29, 1.82) is 0 Å². The molecule has 3 aromatic rings. The Labute approximate surface area is 210 Å². The zero-order chi connectivity index (χ0) is 24.0. The van der Waals surface area contributed by atoms with E-state index in [1.54, 1.807) is 43.1 Å². The molecule has 7 rings (SSSR count). The molecule has 8 heteroatoms. The fourth-order valence-electron chi connectivity index (χ4n) is 7.15. The maximum atomic E-state index is 13.8. The molecule has 1 aromatic heterocycles. The molecule has 7 atom stereocenters. The van der Waals surface area contributed by atoms with E-state index in [1.807, 2.05) is 0 Å². The number of ether oxygens (including phenoxy) is 1. The molecule has 2 amide bonds. The van der Waals surface area contributed by atoms with Crippen LogP contribution in [0.5, 0.6) is 5.75 Å². The Hall–Kier alpha value is -2.84. The molecule has 2 bridgehead atoms. The third-order valence-electron chi connectivity index (χ3n) is 8.49. The lowest BCUT2D eigenvalue weighted by Crippen LogP contribution is -2.42. The van der Waals surface area contributed by atoms with Crippen LogP contribution in [0.2, 0.25) is 0 Å². The van der Waals surface area contributed by atoms with E-state index in [4.69, 9.17) is 4.74 Å². The largest absolute Gasteiger partial charge is 0.497 e. The van der Waals surface area contributed by atoms with Crippen LogP contribution in [0, 0.1) is 36.5 Å². The van der Waals surface area contributed by atoms with Gasteiger partial charge >= 0.3 is 4.87 Å². The van der Waals surface area contributed by atoms with Gasteiger partial charge in [-0.25, -0.2) is 0 Å². The molecular formula is C27H24N2O4S2. The number of nitrogens with zero attached hydrogens (tertiary/aromatic N) is 1. The fourth-order valence-corrected chi connectivity index (χ4v) is 10.0. The number of amides is 2. The van der Waals surface area contributed by atoms with Crippen molar-refractivity contribution in [3.05, 3.63) is 74.2 Å². The molecule has 178 valence electrons. The minimum Gasteiger partial charge on any atom is -0.497 e. The second-order valence-electron chi connectivity index (χ2n) is 10.1. The van der Waals surface area contributed by atoms with Gasteiger partial charge in [0.05, 0.1) is 29.7 Å². The van der Waals surface area contributed by atoms with Crippen molar-refractivity contribution in [2.24, 2.45) is 29.6 Å². The maximum absolute atomic E-state index is 13.8. The van der Waals surface area contributed by atoms with E-state index in [2.05, 4.69) is 36.2 Å². The van der Waals surface area contributed by atoms with E-state index in [0.717, 1.165) is 16.3 Å². The number of methoxy groups -OCH3 is 1. The van der Waals surface area contributed by atoms with Crippen molar-refractivity contribution >= 4 is 40.6 Å². The first-order chi connectivity index (χ1) is 17.0. The number of nitrogens with one attached hydrogen (secondary N) is 1. The lowest BCUT2D eigenvalue weighted by Gasteiger charge is -2.43. The van der Waals surface area contributed by atoms with E-state index in [0.29, 0.717) is 11.4 Å². The number of H-pyrrole nitrogens is 1. The molecule has 2 saturated carbocycles. The molecule has 0 unspecified atom stereocenters. The number of aromatic nitrogens is 1. The van der Waals surface area contributed by atoms with Crippen LogP contribution in [0.3, 0.4) is 0 Å². The second kappa shape index (κ2) is 7.58. The van der Waals surface area contributed by atoms with Gasteiger partial charge in [-0.2, -0.15) is 0 Å². The minimum absolute atomic E-state index is 0.0371. The summed E-state index contributed by atoms with van der Waals surface area (Å²) in [7, 11) is 1.60. The molecule has 2 aliphatic heterocycles. The molecule has 0 radical (unpaired) electrons. The van der Waals surface area contributed by atoms with Gasteiger partial charge in [-0.3, -0.25) is 19.3 Å². The molecule has 1 saturated heterocycles. The number of thioether (sulfide) groups is 1. The van der Waals surface area contributed by atoms with E-state index >= 15 is 0 Å². The van der Waals surface area contributed by atoms with E-state index < -0.39 is 0 Å². The van der Waals surface area contributed by atoms with Crippen molar-refractivity contribution in [2.45, 2.75) is 29.5 Å². The molecule has 2 aliphatic carbocycles. The summed E-state index contributed by atoms with van der Waals surface area (Å²) in [6.45, 7) is 2.07. The highest BCUT2D eigenvalue weighted by Gasteiger charge is 2.69. The van der Waals surface area contributed by atoms with Crippen LogP contribution in [0.25, 0.3) is 0 Å². The van der Waals surface area contributed by atoms with Gasteiger partial charge in [0.2, 0.25) is 11.8 Å². The van der Waals surface area contributed by atoms with Crippen LogP contribution in [-0.2, 0) is 9.59 Å². The SMILES string of the molecule is COc1ccc(N2C(=O)[C@@H]3[C@H]4C[C@@H]([C@@H]5Sc6[nH]c(=O)sc6[C@H](c6ccc(C)cc6)[C@@H]45)[C@H]3C2=O)cc1. The summed E-state index contributed by atoms with van der Waals surface area (Å²) in [5, 5.41) is 1.15. The van der Waals surface area contributed by atoms with Crippen molar-refractivity contribution in [3.63, 3.8) is 0 Å². The first-order valence-electron chi connectivity index (χ1n) is 11.9. The number of rotatable bonds is 3. The van der Waals surface area contributed by atoms with E-state index in [1.165, 1.54) is 27.4 Å². The number of aromatic amines is 1. The Bertz CT molecular complexity index is 1410. The fraction of sp³-hybridized carbons (Fsp3) is 0.370. The zero-order valence-corrected chi connectivity index (χ0v) is 20.9. The summed E-state index contributed by atoms with van der Waals surface area (Å²) < 4.78 is 5.25. The van der Waals surface area contributed by atoms with Gasteiger partial charge in [-0.1, -0.05) is 41.2 Å². The smallest absolute Gasteiger partial charge is 0.305 e. The molecule has 35 heavy (non-hydrogen) atoms. The topological polar surface area (TPSA) is 79.5 Å². The molecule has 6 nitrogen and oxygen atoms in total. The number of imide groups is 1. The standard InChI is InChI=1S/C27H24N2O4S2/c1-12-3-5-13(6-4-12)18-19-16-11-17(22(19)34-24-23(18)35-27(32)28-24)21-20(16)25(30)29(26(21)31)14-7-9-15(33-2)10-8-14/h3-10,16-22H,11H2,1-2H3,(H,28,32)/t16-,17+,18+,19+,20+,21+,22-/m0/s1. The van der Waals surface area contributed by atoms with E-state index in [-0.39, 0.29) is 57.4 Å². The monoisotopic (exact) mass is 504 g/mol. The first kappa shape index (κ1) is 21.4. The highest BCUT2D eigenvalue weighted by Crippen LogP contribution is 2.68. The van der Waals surface area contributed by atoms with Gasteiger partial charge in [0.15, 0.2) is 0 Å². The van der Waals surface area contributed by atoms with Crippen LogP contribution in [-0.4, -0.2) is 29.2 Å². The normalized spacial score (nSPS) is 32.5. The lowest BCUT2D eigenvalue weighted by atomic mass is 9.68. The highest BCUT2D eigenvalue weighted by molar-refractivity contribution is 8.00. The number of fused-ring (bicyclic) bond motifs is 9. The molecule has 0 spiro atoms.